The predicted octanol–water partition coefficient (Wildman–Crippen LogP) is 3.79. The molecule has 0 aliphatic carbocycles. The summed E-state index contributed by atoms with van der Waals surface area (Å²) in [5.74, 6) is 0.256. The summed E-state index contributed by atoms with van der Waals surface area (Å²) in [6, 6.07) is 8.00. The Labute approximate surface area is 154 Å². The highest BCUT2D eigenvalue weighted by molar-refractivity contribution is 7.89. The summed E-state index contributed by atoms with van der Waals surface area (Å²) in [5.41, 5.74) is 1.00. The summed E-state index contributed by atoms with van der Waals surface area (Å²) >= 11 is 0. The molecule has 1 aliphatic heterocycles. The van der Waals surface area contributed by atoms with Crippen molar-refractivity contribution in [2.24, 2.45) is 0 Å². The van der Waals surface area contributed by atoms with Gasteiger partial charge in [0.15, 0.2) is 0 Å². The highest BCUT2D eigenvalue weighted by atomic mass is 32.2. The van der Waals surface area contributed by atoms with Crippen LogP contribution in [-0.2, 0) is 10.0 Å². The van der Waals surface area contributed by atoms with Crippen LogP contribution in [0.3, 0.4) is 0 Å². The molecule has 1 aliphatic rings. The Morgan fingerprint density at radius 1 is 1.23 bits per heavy atom. The monoisotopic (exact) mass is 376 g/mol. The minimum atomic E-state index is -3.51. The highest BCUT2D eigenvalue weighted by Gasteiger charge is 2.32. The molecule has 0 spiro atoms. The molecule has 1 aromatic heterocycles. The summed E-state index contributed by atoms with van der Waals surface area (Å²) in [7, 11) is -3.51. The number of nitrogens with one attached hydrogen (secondary N) is 1. The number of hydrogen-bond acceptors (Lipinski definition) is 4. The zero-order valence-electron chi connectivity index (χ0n) is 15.1. The SMILES string of the molecule is CC[C@H]1CCCCN1S(=O)(=O)c1ccc(NC(=O)c2ccoc2C)cc1. The predicted molar refractivity (Wildman–Crippen MR) is 99.7 cm³/mol. The van der Waals surface area contributed by atoms with E-state index < -0.39 is 10.0 Å². The summed E-state index contributed by atoms with van der Waals surface area (Å²) in [5, 5.41) is 2.76. The smallest absolute Gasteiger partial charge is 0.259 e. The van der Waals surface area contributed by atoms with Crippen LogP contribution in [0, 0.1) is 6.92 Å². The van der Waals surface area contributed by atoms with Gasteiger partial charge in [0.25, 0.3) is 5.91 Å². The van der Waals surface area contributed by atoms with Crippen molar-refractivity contribution in [1.82, 2.24) is 4.31 Å². The fourth-order valence-electron chi connectivity index (χ4n) is 3.36. The van der Waals surface area contributed by atoms with Crippen LogP contribution < -0.4 is 5.32 Å². The van der Waals surface area contributed by atoms with E-state index in [0.717, 1.165) is 25.7 Å². The van der Waals surface area contributed by atoms with Gasteiger partial charge >= 0.3 is 0 Å². The fourth-order valence-corrected chi connectivity index (χ4v) is 5.13. The summed E-state index contributed by atoms with van der Waals surface area (Å²) < 4.78 is 32.6. The molecular weight excluding hydrogens is 352 g/mol. The number of rotatable bonds is 5. The van der Waals surface area contributed by atoms with E-state index in [2.05, 4.69) is 5.32 Å². The number of hydrogen-bond donors (Lipinski definition) is 1. The number of aryl methyl sites for hydroxylation is 1. The average molecular weight is 376 g/mol. The minimum Gasteiger partial charge on any atom is -0.469 e. The number of benzene rings is 1. The van der Waals surface area contributed by atoms with Gasteiger partial charge in [-0.1, -0.05) is 13.3 Å². The Kier molecular flexibility index (Phi) is 5.48. The standard InChI is InChI=1S/C19H24N2O4S/c1-3-16-6-4-5-12-21(16)26(23,24)17-9-7-15(8-10-17)20-19(22)18-11-13-25-14(18)2/h7-11,13,16H,3-6,12H2,1-2H3,(H,20,22)/t16-/m0/s1. The number of carbonyl (C=O) groups excluding carboxylic acids is 1. The second-order valence-electron chi connectivity index (χ2n) is 6.54. The Morgan fingerprint density at radius 2 is 1.96 bits per heavy atom. The van der Waals surface area contributed by atoms with Crippen LogP contribution >= 0.6 is 0 Å². The van der Waals surface area contributed by atoms with Gasteiger partial charge in [-0.3, -0.25) is 4.79 Å². The van der Waals surface area contributed by atoms with Crippen LogP contribution in [0.2, 0.25) is 0 Å². The zero-order valence-corrected chi connectivity index (χ0v) is 15.9. The number of sulfonamides is 1. The maximum Gasteiger partial charge on any atom is 0.259 e. The molecule has 0 radical (unpaired) electrons. The van der Waals surface area contributed by atoms with Crippen molar-refractivity contribution < 1.29 is 17.6 Å². The molecule has 1 N–H and O–H groups in total. The lowest BCUT2D eigenvalue weighted by Crippen LogP contribution is -2.43. The molecule has 0 saturated carbocycles. The van der Waals surface area contributed by atoms with Gasteiger partial charge in [-0.15, -0.1) is 0 Å². The van der Waals surface area contributed by atoms with E-state index in [0.29, 0.717) is 23.6 Å². The van der Waals surface area contributed by atoms with Gasteiger partial charge in [0, 0.05) is 18.3 Å². The van der Waals surface area contributed by atoms with Crippen molar-refractivity contribution in [2.45, 2.75) is 50.5 Å². The van der Waals surface area contributed by atoms with Crippen molar-refractivity contribution in [3.8, 4) is 0 Å². The van der Waals surface area contributed by atoms with E-state index in [4.69, 9.17) is 4.42 Å². The molecule has 0 bridgehead atoms. The Morgan fingerprint density at radius 3 is 2.58 bits per heavy atom. The van der Waals surface area contributed by atoms with E-state index in [1.807, 2.05) is 6.92 Å². The van der Waals surface area contributed by atoms with E-state index in [1.54, 1.807) is 41.6 Å². The van der Waals surface area contributed by atoms with Gasteiger partial charge in [-0.2, -0.15) is 4.31 Å². The van der Waals surface area contributed by atoms with Gasteiger partial charge in [0.05, 0.1) is 16.7 Å². The number of furan rings is 1. The van der Waals surface area contributed by atoms with Gasteiger partial charge in [-0.25, -0.2) is 8.42 Å². The fraction of sp³-hybridized carbons (Fsp3) is 0.421. The number of carbonyl (C=O) groups is 1. The van der Waals surface area contributed by atoms with Gasteiger partial charge in [0.2, 0.25) is 10.0 Å². The first-order valence-electron chi connectivity index (χ1n) is 8.91. The molecule has 0 unspecified atom stereocenters. The summed E-state index contributed by atoms with van der Waals surface area (Å²) in [4.78, 5) is 12.5. The van der Waals surface area contributed by atoms with Crippen molar-refractivity contribution in [3.05, 3.63) is 47.9 Å². The molecule has 1 fully saturated rings. The number of nitrogens with zero attached hydrogens (tertiary/aromatic N) is 1. The molecule has 7 heteroatoms. The van der Waals surface area contributed by atoms with Crippen molar-refractivity contribution in [3.63, 3.8) is 0 Å². The van der Waals surface area contributed by atoms with Crippen LogP contribution in [0.5, 0.6) is 0 Å². The molecule has 2 heterocycles. The highest BCUT2D eigenvalue weighted by Crippen LogP contribution is 2.27. The second-order valence-corrected chi connectivity index (χ2v) is 8.43. The van der Waals surface area contributed by atoms with Crippen molar-refractivity contribution in [1.29, 1.82) is 0 Å². The average Bonchev–Trinajstić information content (AvgIpc) is 3.08. The molecular formula is C19H24N2O4S. The molecule has 1 saturated heterocycles. The number of piperidine rings is 1. The molecule has 26 heavy (non-hydrogen) atoms. The third-order valence-corrected chi connectivity index (χ3v) is 6.83. The maximum atomic E-state index is 12.9. The topological polar surface area (TPSA) is 79.6 Å². The maximum absolute atomic E-state index is 12.9. The van der Waals surface area contributed by atoms with E-state index in [1.165, 1.54) is 6.26 Å². The van der Waals surface area contributed by atoms with Gasteiger partial charge < -0.3 is 9.73 Å². The third kappa shape index (κ3) is 3.68. The van der Waals surface area contributed by atoms with E-state index in [9.17, 15) is 13.2 Å². The zero-order chi connectivity index (χ0) is 18.7. The summed E-state index contributed by atoms with van der Waals surface area (Å²) in [6.45, 7) is 4.31. The van der Waals surface area contributed by atoms with Crippen molar-refractivity contribution in [2.75, 3.05) is 11.9 Å². The quantitative estimate of drug-likeness (QED) is 0.861. The molecule has 2 aromatic rings. The Balaban J connectivity index is 1.76. The Hall–Kier alpha value is -2.12. The molecule has 1 atom stereocenters. The Bertz CT molecular complexity index is 871. The molecule has 1 aromatic carbocycles. The lowest BCUT2D eigenvalue weighted by Gasteiger charge is -2.34. The van der Waals surface area contributed by atoms with E-state index >= 15 is 0 Å². The first kappa shape index (κ1) is 18.7. The third-order valence-electron chi connectivity index (χ3n) is 4.87. The largest absolute Gasteiger partial charge is 0.469 e. The van der Waals surface area contributed by atoms with Gasteiger partial charge in [-0.05, 0) is 56.5 Å². The normalized spacial score (nSPS) is 18.6. The van der Waals surface area contributed by atoms with Crippen LogP contribution in [0.1, 0.15) is 48.7 Å². The number of anilines is 1. The molecule has 6 nitrogen and oxygen atoms in total. The lowest BCUT2D eigenvalue weighted by atomic mass is 10.0. The second kappa shape index (κ2) is 7.63. The minimum absolute atomic E-state index is 0.0668. The lowest BCUT2D eigenvalue weighted by molar-refractivity contribution is 0.102. The summed E-state index contributed by atoms with van der Waals surface area (Å²) in [6.07, 6.45) is 5.16. The van der Waals surface area contributed by atoms with Crippen LogP contribution in [0.25, 0.3) is 0 Å². The van der Waals surface area contributed by atoms with Crippen LogP contribution in [-0.4, -0.2) is 31.2 Å². The van der Waals surface area contributed by atoms with E-state index in [-0.39, 0.29) is 16.8 Å². The van der Waals surface area contributed by atoms with Crippen molar-refractivity contribution >= 4 is 21.6 Å². The number of amides is 1. The molecule has 3 rings (SSSR count). The molecule has 140 valence electrons. The van der Waals surface area contributed by atoms with Gasteiger partial charge in [0.1, 0.15) is 5.76 Å². The van der Waals surface area contributed by atoms with Crippen LogP contribution in [0.4, 0.5) is 5.69 Å². The molecule has 1 amide bonds. The first-order valence-corrected chi connectivity index (χ1v) is 10.3. The van der Waals surface area contributed by atoms with Crippen LogP contribution in [0.15, 0.2) is 45.9 Å². The first-order chi connectivity index (χ1) is 12.4.